The Morgan fingerprint density at radius 3 is 2.53 bits per heavy atom. The van der Waals surface area contributed by atoms with Gasteiger partial charge in [-0.3, -0.25) is 4.79 Å². The van der Waals surface area contributed by atoms with E-state index < -0.39 is 5.95 Å². The maximum Gasteiger partial charge on any atom is 0.231 e. The van der Waals surface area contributed by atoms with Crippen LogP contribution in [0.2, 0.25) is 0 Å². The third-order valence-electron chi connectivity index (χ3n) is 2.51. The van der Waals surface area contributed by atoms with Gasteiger partial charge in [0.1, 0.15) is 5.82 Å². The van der Waals surface area contributed by atoms with Crippen LogP contribution in [0.3, 0.4) is 0 Å². The molecule has 98 valence electrons. The summed E-state index contributed by atoms with van der Waals surface area (Å²) in [6.07, 6.45) is 3.31. The van der Waals surface area contributed by atoms with Gasteiger partial charge >= 0.3 is 0 Å². The molecule has 1 heterocycles. The molecule has 0 bridgehead atoms. The highest BCUT2D eigenvalue weighted by Gasteiger charge is 2.00. The lowest BCUT2D eigenvalue weighted by Crippen LogP contribution is -2.11. The van der Waals surface area contributed by atoms with Gasteiger partial charge in [0, 0.05) is 12.1 Å². The van der Waals surface area contributed by atoms with Crippen LogP contribution in [0.1, 0.15) is 12.0 Å². The van der Waals surface area contributed by atoms with Crippen LogP contribution in [0.25, 0.3) is 0 Å². The molecule has 0 spiro atoms. The van der Waals surface area contributed by atoms with Gasteiger partial charge in [-0.1, -0.05) is 12.1 Å². The number of anilines is 2. The van der Waals surface area contributed by atoms with Gasteiger partial charge in [-0.15, -0.1) is 0 Å². The predicted molar refractivity (Wildman–Crippen MR) is 69.2 cm³/mol. The summed E-state index contributed by atoms with van der Waals surface area (Å²) in [7, 11) is 0. The lowest BCUT2D eigenvalue weighted by atomic mass is 10.1. The Morgan fingerprint density at radius 2 is 1.95 bits per heavy atom. The minimum absolute atomic E-state index is 0.316. The molecule has 0 atom stereocenters. The molecular formula is C13H13FN4O. The van der Waals surface area contributed by atoms with Crippen molar-refractivity contribution in [3.63, 3.8) is 0 Å². The van der Waals surface area contributed by atoms with Gasteiger partial charge < -0.3 is 11.1 Å². The minimum Gasteiger partial charge on any atom is -0.370 e. The Hall–Kier alpha value is -2.50. The molecule has 0 unspecified atom stereocenters. The minimum atomic E-state index is -0.618. The van der Waals surface area contributed by atoms with Gasteiger partial charge in [-0.25, -0.2) is 9.97 Å². The first kappa shape index (κ1) is 12.9. The monoisotopic (exact) mass is 260 g/mol. The van der Waals surface area contributed by atoms with Crippen LogP contribution in [0.5, 0.6) is 0 Å². The average molecular weight is 260 g/mol. The summed E-state index contributed by atoms with van der Waals surface area (Å²) >= 11 is 0. The summed E-state index contributed by atoms with van der Waals surface area (Å²) < 4.78 is 12.6. The van der Waals surface area contributed by atoms with E-state index in [0.29, 0.717) is 18.7 Å². The second-order valence-corrected chi connectivity index (χ2v) is 4.01. The number of nitrogens with two attached hydrogens (primary N) is 1. The Labute approximate surface area is 109 Å². The fourth-order valence-corrected chi connectivity index (χ4v) is 1.55. The smallest absolute Gasteiger partial charge is 0.231 e. The van der Waals surface area contributed by atoms with Gasteiger partial charge in [0.2, 0.25) is 11.9 Å². The van der Waals surface area contributed by atoms with Crippen molar-refractivity contribution in [2.24, 2.45) is 5.73 Å². The van der Waals surface area contributed by atoms with E-state index in [0.717, 1.165) is 17.4 Å². The number of nitrogens with one attached hydrogen (secondary N) is 1. The molecule has 0 radical (unpaired) electrons. The molecule has 1 aromatic carbocycles. The van der Waals surface area contributed by atoms with E-state index in [1.165, 1.54) is 6.20 Å². The number of carbonyl (C=O) groups excluding carboxylic acids is 1. The van der Waals surface area contributed by atoms with Crippen molar-refractivity contribution < 1.29 is 9.18 Å². The van der Waals surface area contributed by atoms with E-state index in [1.54, 1.807) is 0 Å². The molecule has 3 N–H and O–H groups in total. The lowest BCUT2D eigenvalue weighted by Gasteiger charge is -2.06. The number of primary amides is 1. The van der Waals surface area contributed by atoms with Crippen molar-refractivity contribution in [3.8, 4) is 0 Å². The van der Waals surface area contributed by atoms with Crippen LogP contribution >= 0.6 is 0 Å². The third kappa shape index (κ3) is 4.02. The van der Waals surface area contributed by atoms with Crippen LogP contribution in [-0.2, 0) is 11.2 Å². The van der Waals surface area contributed by atoms with E-state index in [9.17, 15) is 9.18 Å². The van der Waals surface area contributed by atoms with Crippen molar-refractivity contribution in [2.45, 2.75) is 12.8 Å². The topological polar surface area (TPSA) is 80.9 Å². The van der Waals surface area contributed by atoms with Crippen LogP contribution < -0.4 is 11.1 Å². The van der Waals surface area contributed by atoms with Crippen molar-refractivity contribution in [3.05, 3.63) is 48.2 Å². The Balaban J connectivity index is 1.98. The maximum atomic E-state index is 12.6. The van der Waals surface area contributed by atoms with E-state index >= 15 is 0 Å². The first-order valence-corrected chi connectivity index (χ1v) is 5.75. The molecule has 19 heavy (non-hydrogen) atoms. The molecule has 0 aliphatic heterocycles. The number of benzene rings is 1. The second-order valence-electron chi connectivity index (χ2n) is 4.01. The molecule has 0 saturated heterocycles. The molecular weight excluding hydrogens is 247 g/mol. The molecule has 1 aromatic heterocycles. The molecule has 0 aliphatic rings. The fourth-order valence-electron chi connectivity index (χ4n) is 1.55. The van der Waals surface area contributed by atoms with Gasteiger partial charge in [0.15, 0.2) is 0 Å². The average Bonchev–Trinajstić information content (AvgIpc) is 2.40. The van der Waals surface area contributed by atoms with E-state index in [-0.39, 0.29) is 5.91 Å². The summed E-state index contributed by atoms with van der Waals surface area (Å²) in [5.41, 5.74) is 6.92. The standard InChI is InChI=1S/C13H13FN4O/c14-11-7-17-13(8-16-11)18-10-4-1-9(2-5-10)3-6-12(15)19/h1-2,4-5,7-8H,3,6H2,(H2,15,19)(H,17,18). The number of amides is 1. The summed E-state index contributed by atoms with van der Waals surface area (Å²) in [6.45, 7) is 0. The number of hydrogen-bond acceptors (Lipinski definition) is 4. The van der Waals surface area contributed by atoms with Crippen LogP contribution in [0.4, 0.5) is 15.9 Å². The first-order valence-electron chi connectivity index (χ1n) is 5.75. The van der Waals surface area contributed by atoms with Gasteiger partial charge in [0.25, 0.3) is 0 Å². The zero-order chi connectivity index (χ0) is 13.7. The number of rotatable bonds is 5. The highest BCUT2D eigenvalue weighted by atomic mass is 19.1. The molecule has 2 aromatic rings. The van der Waals surface area contributed by atoms with Crippen molar-refractivity contribution in [2.75, 3.05) is 5.32 Å². The first-order chi connectivity index (χ1) is 9.13. The van der Waals surface area contributed by atoms with Crippen LogP contribution in [0.15, 0.2) is 36.7 Å². The summed E-state index contributed by atoms with van der Waals surface area (Å²) in [6, 6.07) is 7.48. The molecule has 5 nitrogen and oxygen atoms in total. The Morgan fingerprint density at radius 1 is 1.21 bits per heavy atom. The third-order valence-corrected chi connectivity index (χ3v) is 2.51. The Bertz CT molecular complexity index is 554. The summed E-state index contributed by atoms with van der Waals surface area (Å²) in [5.74, 6) is -0.470. The molecule has 1 amide bonds. The highest BCUT2D eigenvalue weighted by Crippen LogP contribution is 2.15. The number of aryl methyl sites for hydroxylation is 1. The lowest BCUT2D eigenvalue weighted by molar-refractivity contribution is -0.117. The molecule has 6 heteroatoms. The maximum absolute atomic E-state index is 12.6. The number of hydrogen-bond donors (Lipinski definition) is 2. The zero-order valence-corrected chi connectivity index (χ0v) is 10.1. The number of aromatic nitrogens is 2. The quantitative estimate of drug-likeness (QED) is 0.858. The SMILES string of the molecule is NC(=O)CCc1ccc(Nc2cnc(F)cn2)cc1. The van der Waals surface area contributed by atoms with Crippen molar-refractivity contribution in [1.82, 2.24) is 9.97 Å². The Kier molecular flexibility index (Phi) is 4.02. The van der Waals surface area contributed by atoms with E-state index in [4.69, 9.17) is 5.73 Å². The molecule has 2 rings (SSSR count). The molecule has 0 saturated carbocycles. The number of halogens is 1. The second kappa shape index (κ2) is 5.90. The van der Waals surface area contributed by atoms with Crippen molar-refractivity contribution >= 4 is 17.4 Å². The largest absolute Gasteiger partial charge is 0.370 e. The zero-order valence-electron chi connectivity index (χ0n) is 10.1. The molecule has 0 fully saturated rings. The van der Waals surface area contributed by atoms with Gasteiger partial charge in [-0.2, -0.15) is 4.39 Å². The normalized spacial score (nSPS) is 10.2. The fraction of sp³-hybridized carbons (Fsp3) is 0.154. The van der Waals surface area contributed by atoms with Crippen LogP contribution in [-0.4, -0.2) is 15.9 Å². The van der Waals surface area contributed by atoms with Crippen LogP contribution in [0, 0.1) is 5.95 Å². The highest BCUT2D eigenvalue weighted by molar-refractivity contribution is 5.74. The van der Waals surface area contributed by atoms with E-state index in [1.807, 2.05) is 24.3 Å². The van der Waals surface area contributed by atoms with Crippen molar-refractivity contribution in [1.29, 1.82) is 0 Å². The van der Waals surface area contributed by atoms with Gasteiger partial charge in [0.05, 0.1) is 12.4 Å². The summed E-state index contributed by atoms with van der Waals surface area (Å²) in [5, 5.41) is 2.99. The number of nitrogens with zero attached hydrogens (tertiary/aromatic N) is 2. The van der Waals surface area contributed by atoms with E-state index in [2.05, 4.69) is 15.3 Å². The number of carbonyl (C=O) groups is 1. The summed E-state index contributed by atoms with van der Waals surface area (Å²) in [4.78, 5) is 18.0. The van der Waals surface area contributed by atoms with Gasteiger partial charge in [-0.05, 0) is 24.1 Å². The predicted octanol–water partition coefficient (Wildman–Crippen LogP) is 1.78. The molecule has 0 aliphatic carbocycles.